The number of benzene rings is 1. The number of ether oxygens (including phenoxy) is 4. The van der Waals surface area contributed by atoms with E-state index in [0.29, 0.717) is 46.0 Å². The summed E-state index contributed by atoms with van der Waals surface area (Å²) < 4.78 is 41.7. The Hall–Kier alpha value is -2.98. The van der Waals surface area contributed by atoms with Gasteiger partial charge in [0.1, 0.15) is 30.6 Å². The van der Waals surface area contributed by atoms with Crippen LogP contribution < -0.4 is 4.74 Å². The summed E-state index contributed by atoms with van der Waals surface area (Å²) in [6.07, 6.45) is 4.30. The Morgan fingerprint density at radius 2 is 1.84 bits per heavy atom. The van der Waals surface area contributed by atoms with Crippen molar-refractivity contribution in [3.05, 3.63) is 47.7 Å². The minimum absolute atomic E-state index is 0.205. The smallest absolute Gasteiger partial charge is 0.301 e. The summed E-state index contributed by atoms with van der Waals surface area (Å²) in [6.45, 7) is 5.89. The number of aromatic nitrogens is 5. The van der Waals surface area contributed by atoms with Gasteiger partial charge in [-0.25, -0.2) is 14.2 Å². The lowest BCUT2D eigenvalue weighted by atomic mass is 10.1. The highest BCUT2D eigenvalue weighted by Gasteiger charge is 2.49. The second kappa shape index (κ2) is 12.8. The first-order valence-corrected chi connectivity index (χ1v) is 20.2. The van der Waals surface area contributed by atoms with Gasteiger partial charge in [0, 0.05) is 48.8 Å². The van der Waals surface area contributed by atoms with E-state index in [2.05, 4.69) is 27.4 Å². The maximum absolute atomic E-state index is 11.9. The largest absolute Gasteiger partial charge is 0.456 e. The minimum Gasteiger partial charge on any atom is -0.456 e. The molecular weight excluding hydrogens is 624 g/mol. The van der Waals surface area contributed by atoms with Crippen molar-refractivity contribution in [1.29, 1.82) is 0 Å². The van der Waals surface area contributed by atoms with Gasteiger partial charge in [-0.05, 0) is 12.1 Å². The number of hydrogen-bond donors (Lipinski definition) is 1. The van der Waals surface area contributed by atoms with Gasteiger partial charge in [0.05, 0.1) is 42.0 Å². The van der Waals surface area contributed by atoms with E-state index in [1.807, 2.05) is 24.3 Å². The van der Waals surface area contributed by atoms with Gasteiger partial charge in [0.15, 0.2) is 17.6 Å². The number of aliphatic hydroxyl groups is 1. The van der Waals surface area contributed by atoms with Gasteiger partial charge in [-0.2, -0.15) is 9.35 Å². The molecule has 0 spiro atoms. The zero-order valence-electron chi connectivity index (χ0n) is 24.9. The molecule has 2 aliphatic rings. The summed E-state index contributed by atoms with van der Waals surface area (Å²) in [6, 6.07) is 10.8. The number of pyridine rings is 1. The molecule has 0 amide bonds. The molecule has 3 aromatic heterocycles. The fourth-order valence-corrected chi connectivity index (χ4v) is 6.55. The molecule has 4 atom stereocenters. The fraction of sp³-hybridized carbons (Fsp3) is 0.448. The second-order valence-corrected chi connectivity index (χ2v) is 18.0. The maximum Gasteiger partial charge on any atom is 0.301 e. The number of aliphatic hydroxyl groups excluding tert-OH is 1. The van der Waals surface area contributed by atoms with E-state index in [1.54, 1.807) is 29.3 Å². The van der Waals surface area contributed by atoms with Crippen LogP contribution in [-0.4, -0.2) is 99.4 Å². The van der Waals surface area contributed by atoms with Crippen LogP contribution in [-0.2, 0) is 30.7 Å². The Bertz CT molecular complexity index is 1750. The summed E-state index contributed by atoms with van der Waals surface area (Å²) in [7, 11) is -3.10. The van der Waals surface area contributed by atoms with Crippen molar-refractivity contribution in [2.45, 2.75) is 50.3 Å². The number of halogens is 1. The topological polar surface area (TPSA) is 143 Å². The van der Waals surface area contributed by atoms with Crippen molar-refractivity contribution in [2.75, 3.05) is 32.3 Å². The molecule has 44 heavy (non-hydrogen) atoms. The lowest BCUT2D eigenvalue weighted by Crippen LogP contribution is -2.35. The summed E-state index contributed by atoms with van der Waals surface area (Å²) in [4.78, 5) is 18.3. The van der Waals surface area contributed by atoms with Crippen molar-refractivity contribution in [2.24, 2.45) is 4.36 Å². The first-order valence-electron chi connectivity index (χ1n) is 14.4. The summed E-state index contributed by atoms with van der Waals surface area (Å²) in [5.41, 5.74) is 4.03. The molecular formula is C29H35ClN6O6SSi. The highest BCUT2D eigenvalue weighted by atomic mass is 35.5. The molecule has 2 aliphatic heterocycles. The minimum atomic E-state index is -2.32. The predicted octanol–water partition coefficient (Wildman–Crippen LogP) is 3.93. The van der Waals surface area contributed by atoms with Crippen molar-refractivity contribution in [3.8, 4) is 28.5 Å². The lowest BCUT2D eigenvalue weighted by molar-refractivity contribution is 0.00337. The number of nitrogens with zero attached hydrogens (tertiary/aromatic N) is 6. The Kier molecular flexibility index (Phi) is 9.02. The van der Waals surface area contributed by atoms with Crippen molar-refractivity contribution in [1.82, 2.24) is 24.5 Å². The molecule has 2 fully saturated rings. The fourth-order valence-electron chi connectivity index (χ4n) is 5.11. The second-order valence-electron chi connectivity index (χ2n) is 11.6. The molecule has 6 rings (SSSR count). The Labute approximate surface area is 262 Å². The molecule has 12 nitrogen and oxygen atoms in total. The summed E-state index contributed by atoms with van der Waals surface area (Å²) in [5.74, 6) is 0.327. The first kappa shape index (κ1) is 31.0. The molecule has 1 N–H and O–H groups in total. The highest BCUT2D eigenvalue weighted by molar-refractivity contribution is 7.92. The van der Waals surface area contributed by atoms with Crippen LogP contribution in [0, 0.1) is 0 Å². The molecule has 0 saturated carbocycles. The number of hydrogen-bond acceptors (Lipinski definition) is 11. The van der Waals surface area contributed by atoms with E-state index in [9.17, 15) is 9.32 Å². The number of imidazole rings is 1. The zero-order valence-corrected chi connectivity index (χ0v) is 27.6. The van der Waals surface area contributed by atoms with Crippen LogP contribution in [0.3, 0.4) is 0 Å². The molecule has 234 valence electrons. The van der Waals surface area contributed by atoms with Crippen LogP contribution in [0.5, 0.6) is 6.01 Å². The molecule has 0 bridgehead atoms. The Balaban J connectivity index is 1.29. The Morgan fingerprint density at radius 3 is 2.55 bits per heavy atom. The van der Waals surface area contributed by atoms with Crippen LogP contribution >= 0.6 is 11.6 Å². The molecule has 0 aliphatic carbocycles. The van der Waals surface area contributed by atoms with Crippen LogP contribution in [0.4, 0.5) is 5.82 Å². The van der Waals surface area contributed by atoms with Gasteiger partial charge >= 0.3 is 6.01 Å². The normalized spacial score (nSPS) is 21.7. The van der Waals surface area contributed by atoms with Crippen molar-refractivity contribution >= 4 is 47.1 Å². The molecule has 5 heterocycles. The van der Waals surface area contributed by atoms with E-state index in [0.717, 1.165) is 17.2 Å². The van der Waals surface area contributed by atoms with Crippen LogP contribution in [0.15, 0.2) is 47.1 Å². The first-order chi connectivity index (χ1) is 21.1. The van der Waals surface area contributed by atoms with E-state index >= 15 is 0 Å². The molecule has 0 unspecified atom stereocenters. The molecule has 0 radical (unpaired) electrons. The monoisotopic (exact) mass is 658 g/mol. The standard InChI is InChI=1S/C29H35ClN6O6SSi/c1-43(2,38)35-24-13-31-21(12-32-24)17-5-7-18(8-6-17)25-19(30)11-20-28(34-25)36(16-39-9-10-44(3)4)29(33-20)42-23-15-41-26-22(37)14-40-27(23)26/h5-8,11-13,22-23,26-27,37,44H,9-10,14-16H2,1-4H3/t22-,23-,26-,27-/m1/s1. The third-order valence-corrected chi connectivity index (χ3v) is 9.65. The lowest BCUT2D eigenvalue weighted by Gasteiger charge is -2.18. The van der Waals surface area contributed by atoms with E-state index in [1.165, 1.54) is 6.20 Å². The average Bonchev–Trinajstić information content (AvgIpc) is 3.65. The van der Waals surface area contributed by atoms with Crippen LogP contribution in [0.2, 0.25) is 24.2 Å². The van der Waals surface area contributed by atoms with Gasteiger partial charge in [0.2, 0.25) is 0 Å². The van der Waals surface area contributed by atoms with Gasteiger partial charge in [0.25, 0.3) is 0 Å². The van der Waals surface area contributed by atoms with Gasteiger partial charge in [-0.3, -0.25) is 9.55 Å². The number of fused-ring (bicyclic) bond motifs is 2. The van der Waals surface area contributed by atoms with Crippen LogP contribution in [0.1, 0.15) is 0 Å². The van der Waals surface area contributed by atoms with Crippen molar-refractivity contribution in [3.63, 3.8) is 0 Å². The van der Waals surface area contributed by atoms with Crippen LogP contribution in [0.25, 0.3) is 33.7 Å². The third-order valence-electron chi connectivity index (χ3n) is 7.34. The molecule has 1 aromatic carbocycles. The van der Waals surface area contributed by atoms with Gasteiger partial charge in [-0.15, -0.1) is 0 Å². The molecule has 4 aromatic rings. The average molecular weight is 659 g/mol. The van der Waals surface area contributed by atoms with E-state index in [-0.39, 0.29) is 26.0 Å². The zero-order chi connectivity index (χ0) is 31.0. The summed E-state index contributed by atoms with van der Waals surface area (Å²) >= 11 is 6.74. The molecule has 15 heteroatoms. The highest BCUT2D eigenvalue weighted by Crippen LogP contribution is 2.34. The third kappa shape index (κ3) is 6.81. The Morgan fingerprint density at radius 1 is 1.09 bits per heavy atom. The predicted molar refractivity (Wildman–Crippen MR) is 171 cm³/mol. The quantitative estimate of drug-likeness (QED) is 0.197. The maximum atomic E-state index is 11.9. The summed E-state index contributed by atoms with van der Waals surface area (Å²) in [5, 5.41) is 10.6. The van der Waals surface area contributed by atoms with Crippen molar-refractivity contribution < 1.29 is 28.3 Å². The SMILES string of the molecule is C[SiH](C)CCOCn1c(O[C@@H]2CO[C@H]3[C@@H]2OC[C@H]3O)nc2cc(Cl)c(-c3ccc(-c4cnc(N=S(C)(C)=O)cn4)cc3)nc21. The molecule has 2 saturated heterocycles. The van der Waals surface area contributed by atoms with Gasteiger partial charge < -0.3 is 24.1 Å². The van der Waals surface area contributed by atoms with E-state index in [4.69, 9.17) is 40.5 Å². The number of rotatable bonds is 10. The van der Waals surface area contributed by atoms with Gasteiger partial charge in [-0.1, -0.05) is 49.0 Å². The van der Waals surface area contributed by atoms with E-state index < -0.39 is 36.8 Å².